The molecule has 2 aliphatic heterocycles. The fourth-order valence-corrected chi connectivity index (χ4v) is 5.61. The van der Waals surface area contributed by atoms with Crippen molar-refractivity contribution in [2.24, 2.45) is 0 Å². The standard InChI is InChI=1S/C21H24N2O4S/c24-21(17-5-4-8-20(15-17)27-19-6-2-1-3-7-19)23-12-10-22(11-13-23)18-9-14-28(25,26)16-18/h1-8,15,18H,9-14,16H2. The van der Waals surface area contributed by atoms with Gasteiger partial charge < -0.3 is 9.64 Å². The molecule has 2 aliphatic rings. The third-order valence-electron chi connectivity index (χ3n) is 5.39. The Hall–Kier alpha value is -2.38. The maximum Gasteiger partial charge on any atom is 0.254 e. The van der Waals surface area contributed by atoms with E-state index >= 15 is 0 Å². The third kappa shape index (κ3) is 4.36. The van der Waals surface area contributed by atoms with Crippen LogP contribution in [0.2, 0.25) is 0 Å². The lowest BCUT2D eigenvalue weighted by atomic mass is 10.1. The molecule has 2 saturated heterocycles. The molecule has 2 fully saturated rings. The number of benzene rings is 2. The highest BCUT2D eigenvalue weighted by Gasteiger charge is 2.34. The van der Waals surface area contributed by atoms with Gasteiger partial charge in [-0.2, -0.15) is 0 Å². The number of sulfone groups is 1. The van der Waals surface area contributed by atoms with Gasteiger partial charge in [0.05, 0.1) is 11.5 Å². The zero-order valence-corrected chi connectivity index (χ0v) is 16.5. The lowest BCUT2D eigenvalue weighted by Crippen LogP contribution is -2.52. The van der Waals surface area contributed by atoms with Crippen LogP contribution < -0.4 is 4.74 Å². The Morgan fingerprint density at radius 1 is 0.929 bits per heavy atom. The van der Waals surface area contributed by atoms with Crippen LogP contribution in [0.1, 0.15) is 16.8 Å². The van der Waals surface area contributed by atoms with E-state index in [4.69, 9.17) is 4.74 Å². The van der Waals surface area contributed by atoms with Crippen molar-refractivity contribution in [3.8, 4) is 11.5 Å². The summed E-state index contributed by atoms with van der Waals surface area (Å²) in [6.45, 7) is 2.65. The molecule has 0 N–H and O–H groups in total. The van der Waals surface area contributed by atoms with E-state index in [9.17, 15) is 13.2 Å². The molecule has 1 atom stereocenters. The third-order valence-corrected chi connectivity index (χ3v) is 7.14. The van der Waals surface area contributed by atoms with Crippen LogP contribution >= 0.6 is 0 Å². The van der Waals surface area contributed by atoms with Crippen molar-refractivity contribution in [2.75, 3.05) is 37.7 Å². The van der Waals surface area contributed by atoms with Gasteiger partial charge in [-0.25, -0.2) is 8.42 Å². The number of carbonyl (C=O) groups excluding carboxylic acids is 1. The normalized spacial score (nSPS) is 22.1. The number of ether oxygens (including phenoxy) is 1. The van der Waals surface area contributed by atoms with Gasteiger partial charge in [0.15, 0.2) is 9.84 Å². The quantitative estimate of drug-likeness (QED) is 0.789. The average Bonchev–Trinajstić information content (AvgIpc) is 3.08. The summed E-state index contributed by atoms with van der Waals surface area (Å²) in [6.07, 6.45) is 0.704. The second kappa shape index (κ2) is 7.93. The predicted octanol–water partition coefficient (Wildman–Crippen LogP) is 2.42. The molecule has 0 aliphatic carbocycles. The summed E-state index contributed by atoms with van der Waals surface area (Å²) in [6, 6.07) is 16.8. The summed E-state index contributed by atoms with van der Waals surface area (Å²) in [5, 5.41) is 0. The Kier molecular flexibility index (Phi) is 5.37. The maximum atomic E-state index is 12.9. The van der Waals surface area contributed by atoms with Crippen molar-refractivity contribution in [1.29, 1.82) is 0 Å². The first-order chi connectivity index (χ1) is 13.5. The van der Waals surface area contributed by atoms with Gasteiger partial charge in [-0.15, -0.1) is 0 Å². The summed E-state index contributed by atoms with van der Waals surface area (Å²) in [4.78, 5) is 16.9. The van der Waals surface area contributed by atoms with E-state index in [1.807, 2.05) is 47.4 Å². The number of para-hydroxylation sites is 1. The monoisotopic (exact) mass is 400 g/mol. The average molecular weight is 401 g/mol. The van der Waals surface area contributed by atoms with E-state index in [0.29, 0.717) is 43.9 Å². The van der Waals surface area contributed by atoms with Crippen LogP contribution in [0.15, 0.2) is 54.6 Å². The summed E-state index contributed by atoms with van der Waals surface area (Å²) < 4.78 is 29.2. The van der Waals surface area contributed by atoms with Gasteiger partial charge in [0.1, 0.15) is 11.5 Å². The highest BCUT2D eigenvalue weighted by Crippen LogP contribution is 2.23. The van der Waals surface area contributed by atoms with Gasteiger partial charge in [0.25, 0.3) is 5.91 Å². The van der Waals surface area contributed by atoms with Gasteiger partial charge >= 0.3 is 0 Å². The number of hydrogen-bond acceptors (Lipinski definition) is 5. The molecule has 0 aromatic heterocycles. The van der Waals surface area contributed by atoms with Gasteiger partial charge in [0, 0.05) is 37.8 Å². The largest absolute Gasteiger partial charge is 0.457 e. The van der Waals surface area contributed by atoms with Crippen LogP contribution in [0.3, 0.4) is 0 Å². The smallest absolute Gasteiger partial charge is 0.254 e. The first-order valence-corrected chi connectivity index (χ1v) is 11.4. The lowest BCUT2D eigenvalue weighted by Gasteiger charge is -2.37. The van der Waals surface area contributed by atoms with E-state index in [2.05, 4.69) is 4.90 Å². The van der Waals surface area contributed by atoms with Crippen LogP contribution in [0.4, 0.5) is 0 Å². The van der Waals surface area contributed by atoms with Crippen molar-refractivity contribution < 1.29 is 17.9 Å². The molecule has 0 spiro atoms. The van der Waals surface area contributed by atoms with Crippen molar-refractivity contribution in [3.05, 3.63) is 60.2 Å². The second-order valence-electron chi connectivity index (χ2n) is 7.33. The van der Waals surface area contributed by atoms with E-state index in [-0.39, 0.29) is 23.5 Å². The zero-order valence-electron chi connectivity index (χ0n) is 15.7. The summed E-state index contributed by atoms with van der Waals surface area (Å²) in [7, 11) is -2.88. The van der Waals surface area contributed by atoms with Crippen molar-refractivity contribution >= 4 is 15.7 Å². The molecule has 6 nitrogen and oxygen atoms in total. The number of piperazine rings is 1. The molecule has 0 bridgehead atoms. The van der Waals surface area contributed by atoms with Crippen molar-refractivity contribution in [2.45, 2.75) is 12.5 Å². The lowest BCUT2D eigenvalue weighted by molar-refractivity contribution is 0.0587. The van der Waals surface area contributed by atoms with E-state index in [0.717, 1.165) is 5.75 Å². The van der Waals surface area contributed by atoms with Crippen molar-refractivity contribution in [3.63, 3.8) is 0 Å². The number of carbonyl (C=O) groups is 1. The van der Waals surface area contributed by atoms with Crippen LogP contribution in [0, 0.1) is 0 Å². The van der Waals surface area contributed by atoms with Crippen molar-refractivity contribution in [1.82, 2.24) is 9.80 Å². The Morgan fingerprint density at radius 2 is 1.64 bits per heavy atom. The topological polar surface area (TPSA) is 66.9 Å². The van der Waals surface area contributed by atoms with Crippen LogP contribution in [0.5, 0.6) is 11.5 Å². The molecule has 2 aromatic rings. The highest BCUT2D eigenvalue weighted by molar-refractivity contribution is 7.91. The summed E-state index contributed by atoms with van der Waals surface area (Å²) >= 11 is 0. The molecule has 2 heterocycles. The van der Waals surface area contributed by atoms with Crippen LogP contribution in [-0.2, 0) is 9.84 Å². The SMILES string of the molecule is O=C(c1cccc(Oc2ccccc2)c1)N1CCN(C2CCS(=O)(=O)C2)CC1. The highest BCUT2D eigenvalue weighted by atomic mass is 32.2. The Morgan fingerprint density at radius 3 is 2.32 bits per heavy atom. The van der Waals surface area contributed by atoms with E-state index in [1.54, 1.807) is 12.1 Å². The van der Waals surface area contributed by atoms with Crippen LogP contribution in [-0.4, -0.2) is 67.9 Å². The Bertz CT molecular complexity index is 938. The van der Waals surface area contributed by atoms with Gasteiger partial charge in [-0.1, -0.05) is 24.3 Å². The molecule has 0 radical (unpaired) electrons. The Labute approximate surface area is 165 Å². The molecular weight excluding hydrogens is 376 g/mol. The molecule has 28 heavy (non-hydrogen) atoms. The molecule has 2 aromatic carbocycles. The minimum Gasteiger partial charge on any atom is -0.457 e. The van der Waals surface area contributed by atoms with E-state index < -0.39 is 9.84 Å². The minimum atomic E-state index is -2.88. The summed E-state index contributed by atoms with van der Waals surface area (Å²) in [5.41, 5.74) is 0.602. The number of hydrogen-bond donors (Lipinski definition) is 0. The number of rotatable bonds is 4. The van der Waals surface area contributed by atoms with Gasteiger partial charge in [0.2, 0.25) is 0 Å². The minimum absolute atomic E-state index is 0.0165. The molecule has 148 valence electrons. The molecule has 0 saturated carbocycles. The number of amides is 1. The fraction of sp³-hybridized carbons (Fsp3) is 0.381. The molecular formula is C21H24N2O4S. The van der Waals surface area contributed by atoms with Gasteiger partial charge in [-0.3, -0.25) is 9.69 Å². The number of nitrogens with zero attached hydrogens (tertiary/aromatic N) is 2. The fourth-order valence-electron chi connectivity index (χ4n) is 3.85. The molecule has 1 unspecified atom stereocenters. The molecule has 4 rings (SSSR count). The molecule has 7 heteroatoms. The summed E-state index contributed by atoms with van der Waals surface area (Å²) in [5.74, 6) is 1.88. The van der Waals surface area contributed by atoms with Crippen LogP contribution in [0.25, 0.3) is 0 Å². The molecule has 1 amide bonds. The Balaban J connectivity index is 1.37. The first-order valence-electron chi connectivity index (χ1n) is 9.57. The predicted molar refractivity (Wildman–Crippen MR) is 107 cm³/mol. The van der Waals surface area contributed by atoms with Gasteiger partial charge in [-0.05, 0) is 36.8 Å². The maximum absolute atomic E-state index is 12.9. The second-order valence-corrected chi connectivity index (χ2v) is 9.56. The van der Waals surface area contributed by atoms with E-state index in [1.165, 1.54) is 0 Å². The first kappa shape index (κ1) is 19.0. The zero-order chi connectivity index (χ0) is 19.6.